The molecule has 142 valence electrons. The Morgan fingerprint density at radius 1 is 1.28 bits per heavy atom. The summed E-state index contributed by atoms with van der Waals surface area (Å²) < 4.78 is 32.2. The second-order valence-corrected chi connectivity index (χ2v) is 8.26. The molecule has 25 heavy (non-hydrogen) atoms. The number of hydrogen-bond acceptors (Lipinski definition) is 4. The van der Waals surface area contributed by atoms with Crippen LogP contribution in [0.4, 0.5) is 0 Å². The zero-order valence-electron chi connectivity index (χ0n) is 15.8. The summed E-state index contributed by atoms with van der Waals surface area (Å²) in [6, 6.07) is 4.76. The lowest BCUT2D eigenvalue weighted by Crippen LogP contribution is -2.41. The van der Waals surface area contributed by atoms with E-state index >= 15 is 0 Å². The standard InChI is InChI=1S/C18H30N2O4S/c1-6-20(13-18(21)19-11-10-14(3)4)25(22,23)16-8-9-17(24-7-2)15(5)12-16/h8-9,12,14H,6-7,10-11,13H2,1-5H3,(H,19,21). The van der Waals surface area contributed by atoms with Crippen molar-refractivity contribution in [3.05, 3.63) is 23.8 Å². The minimum atomic E-state index is -3.72. The smallest absolute Gasteiger partial charge is 0.243 e. The lowest BCUT2D eigenvalue weighted by Gasteiger charge is -2.21. The first-order chi connectivity index (χ1) is 11.7. The number of likely N-dealkylation sites (N-methyl/N-ethyl adjacent to an activating group) is 1. The van der Waals surface area contributed by atoms with Gasteiger partial charge in [-0.15, -0.1) is 0 Å². The molecule has 0 fully saturated rings. The van der Waals surface area contributed by atoms with Gasteiger partial charge in [-0.05, 0) is 49.9 Å². The van der Waals surface area contributed by atoms with E-state index in [1.807, 2.05) is 6.92 Å². The van der Waals surface area contributed by atoms with Gasteiger partial charge in [0.25, 0.3) is 0 Å². The quantitative estimate of drug-likeness (QED) is 0.687. The lowest BCUT2D eigenvalue weighted by molar-refractivity contribution is -0.121. The van der Waals surface area contributed by atoms with Gasteiger partial charge < -0.3 is 10.1 Å². The van der Waals surface area contributed by atoms with Gasteiger partial charge in [-0.2, -0.15) is 4.31 Å². The summed E-state index contributed by atoms with van der Waals surface area (Å²) in [6.45, 7) is 10.7. The van der Waals surface area contributed by atoms with Gasteiger partial charge in [-0.3, -0.25) is 4.79 Å². The maximum Gasteiger partial charge on any atom is 0.243 e. The monoisotopic (exact) mass is 370 g/mol. The first-order valence-corrected chi connectivity index (χ1v) is 10.2. The SMILES string of the molecule is CCOc1ccc(S(=O)(=O)N(CC)CC(=O)NCCC(C)C)cc1C. The molecule has 1 aromatic rings. The Hall–Kier alpha value is -1.60. The van der Waals surface area contributed by atoms with E-state index in [1.165, 1.54) is 10.4 Å². The molecule has 0 atom stereocenters. The fraction of sp³-hybridized carbons (Fsp3) is 0.611. The van der Waals surface area contributed by atoms with Crippen LogP contribution in [0.15, 0.2) is 23.1 Å². The molecule has 1 N–H and O–H groups in total. The summed E-state index contributed by atoms with van der Waals surface area (Å²) in [6.07, 6.45) is 0.864. The molecule has 6 nitrogen and oxygen atoms in total. The molecule has 0 bridgehead atoms. The number of carbonyl (C=O) groups is 1. The molecule has 0 radical (unpaired) electrons. The van der Waals surface area contributed by atoms with Crippen LogP contribution in [0.1, 0.15) is 39.7 Å². The predicted molar refractivity (Wildman–Crippen MR) is 99.2 cm³/mol. The number of carbonyl (C=O) groups excluding carboxylic acids is 1. The normalized spacial score (nSPS) is 11.8. The van der Waals surface area contributed by atoms with Gasteiger partial charge in [0.1, 0.15) is 5.75 Å². The molecule has 0 saturated heterocycles. The van der Waals surface area contributed by atoms with E-state index < -0.39 is 10.0 Å². The molecular weight excluding hydrogens is 340 g/mol. The molecule has 0 spiro atoms. The Morgan fingerprint density at radius 2 is 1.96 bits per heavy atom. The topological polar surface area (TPSA) is 75.7 Å². The average Bonchev–Trinajstić information content (AvgIpc) is 2.54. The van der Waals surface area contributed by atoms with Crippen molar-refractivity contribution in [2.45, 2.75) is 45.9 Å². The Bertz CT molecular complexity index is 672. The number of ether oxygens (including phenoxy) is 1. The first kappa shape index (κ1) is 21.4. The molecule has 0 aliphatic carbocycles. The van der Waals surface area contributed by atoms with E-state index in [0.29, 0.717) is 24.8 Å². The summed E-state index contributed by atoms with van der Waals surface area (Å²) in [7, 11) is -3.72. The van der Waals surface area contributed by atoms with E-state index in [1.54, 1.807) is 26.0 Å². The minimum absolute atomic E-state index is 0.172. The number of nitrogens with one attached hydrogen (secondary N) is 1. The van der Waals surface area contributed by atoms with Crippen LogP contribution in [0.2, 0.25) is 0 Å². The van der Waals surface area contributed by atoms with Gasteiger partial charge in [0.15, 0.2) is 0 Å². The highest BCUT2D eigenvalue weighted by Crippen LogP contribution is 2.24. The van der Waals surface area contributed by atoms with Gasteiger partial charge in [-0.1, -0.05) is 20.8 Å². The molecule has 0 heterocycles. The number of aryl methyl sites for hydroxylation is 1. The predicted octanol–water partition coefficient (Wildman–Crippen LogP) is 2.57. The van der Waals surface area contributed by atoms with Crippen LogP contribution in [-0.4, -0.2) is 44.9 Å². The van der Waals surface area contributed by atoms with E-state index in [9.17, 15) is 13.2 Å². The van der Waals surface area contributed by atoms with Crippen LogP contribution in [0.3, 0.4) is 0 Å². The van der Waals surface area contributed by atoms with Gasteiger partial charge in [0.2, 0.25) is 15.9 Å². The van der Waals surface area contributed by atoms with Crippen molar-refractivity contribution in [2.24, 2.45) is 5.92 Å². The molecule has 1 rings (SSSR count). The maximum absolute atomic E-state index is 12.8. The third kappa shape index (κ3) is 6.32. The second-order valence-electron chi connectivity index (χ2n) is 6.32. The van der Waals surface area contributed by atoms with Gasteiger partial charge in [-0.25, -0.2) is 8.42 Å². The van der Waals surface area contributed by atoms with Crippen molar-refractivity contribution in [3.8, 4) is 5.75 Å². The summed E-state index contributed by atoms with van der Waals surface area (Å²) in [5.41, 5.74) is 0.750. The van der Waals surface area contributed by atoms with E-state index in [4.69, 9.17) is 4.74 Å². The van der Waals surface area contributed by atoms with Gasteiger partial charge >= 0.3 is 0 Å². The molecule has 7 heteroatoms. The first-order valence-electron chi connectivity index (χ1n) is 8.72. The zero-order valence-corrected chi connectivity index (χ0v) is 16.6. The fourth-order valence-electron chi connectivity index (χ4n) is 2.33. The third-order valence-electron chi connectivity index (χ3n) is 3.80. The number of hydrogen-bond donors (Lipinski definition) is 1. The van der Waals surface area contributed by atoms with Crippen molar-refractivity contribution in [2.75, 3.05) is 26.2 Å². The van der Waals surface area contributed by atoms with E-state index in [2.05, 4.69) is 19.2 Å². The van der Waals surface area contributed by atoms with Gasteiger partial charge in [0, 0.05) is 13.1 Å². The number of benzene rings is 1. The molecule has 0 aliphatic rings. The minimum Gasteiger partial charge on any atom is -0.494 e. The highest BCUT2D eigenvalue weighted by Gasteiger charge is 2.25. The van der Waals surface area contributed by atoms with Gasteiger partial charge in [0.05, 0.1) is 18.0 Å². The Labute approximate surface area is 151 Å². The molecule has 1 aromatic carbocycles. The van der Waals surface area contributed by atoms with Crippen molar-refractivity contribution in [1.29, 1.82) is 0 Å². The molecular formula is C18H30N2O4S. The van der Waals surface area contributed by atoms with Crippen molar-refractivity contribution >= 4 is 15.9 Å². The number of nitrogens with zero attached hydrogens (tertiary/aromatic N) is 1. The van der Waals surface area contributed by atoms with Crippen LogP contribution >= 0.6 is 0 Å². The maximum atomic E-state index is 12.8. The highest BCUT2D eigenvalue weighted by atomic mass is 32.2. The Balaban J connectivity index is 2.86. The molecule has 0 unspecified atom stereocenters. The third-order valence-corrected chi connectivity index (χ3v) is 5.72. The molecule has 0 aliphatic heterocycles. The Morgan fingerprint density at radius 3 is 2.48 bits per heavy atom. The Kier molecular flexibility index (Phi) is 8.38. The molecule has 0 saturated carbocycles. The largest absolute Gasteiger partial charge is 0.494 e. The summed E-state index contributed by atoms with van der Waals surface area (Å²) in [5.74, 6) is 0.864. The average molecular weight is 371 g/mol. The van der Waals surface area contributed by atoms with E-state index in [0.717, 1.165) is 12.0 Å². The summed E-state index contributed by atoms with van der Waals surface area (Å²) >= 11 is 0. The van der Waals surface area contributed by atoms with Crippen LogP contribution in [0.5, 0.6) is 5.75 Å². The molecule has 1 amide bonds. The number of amides is 1. The molecule has 0 aromatic heterocycles. The van der Waals surface area contributed by atoms with Crippen molar-refractivity contribution in [1.82, 2.24) is 9.62 Å². The second kappa shape index (κ2) is 9.77. The highest BCUT2D eigenvalue weighted by molar-refractivity contribution is 7.89. The number of rotatable bonds is 10. The summed E-state index contributed by atoms with van der Waals surface area (Å²) in [5, 5.41) is 2.77. The van der Waals surface area contributed by atoms with Crippen molar-refractivity contribution in [3.63, 3.8) is 0 Å². The number of sulfonamides is 1. The van der Waals surface area contributed by atoms with Crippen LogP contribution in [-0.2, 0) is 14.8 Å². The zero-order chi connectivity index (χ0) is 19.0. The van der Waals surface area contributed by atoms with Crippen LogP contribution in [0, 0.1) is 12.8 Å². The van der Waals surface area contributed by atoms with E-state index in [-0.39, 0.29) is 23.9 Å². The van der Waals surface area contributed by atoms with Crippen LogP contribution in [0.25, 0.3) is 0 Å². The lowest BCUT2D eigenvalue weighted by atomic mass is 10.1. The van der Waals surface area contributed by atoms with Crippen LogP contribution < -0.4 is 10.1 Å². The van der Waals surface area contributed by atoms with Crippen molar-refractivity contribution < 1.29 is 17.9 Å². The summed E-state index contributed by atoms with van der Waals surface area (Å²) in [4.78, 5) is 12.2. The fourth-order valence-corrected chi connectivity index (χ4v) is 3.82.